The molecule has 214 valence electrons. The summed E-state index contributed by atoms with van der Waals surface area (Å²) in [6.45, 7) is 8.86. The number of anilines is 1. The smallest absolute Gasteiger partial charge is 0.264 e. The fraction of sp³-hybridized carbons (Fsp3) is 0.333. The van der Waals surface area contributed by atoms with Crippen LogP contribution in [0, 0.1) is 13.8 Å². The molecule has 0 radical (unpaired) electrons. The summed E-state index contributed by atoms with van der Waals surface area (Å²) in [5.41, 5.74) is 2.93. The fourth-order valence-electron chi connectivity index (χ4n) is 3.94. The second kappa shape index (κ2) is 13.5. The SMILES string of the molecule is CC[C@H](C)NC(=O)[C@@H](C)N(Cc1ccc(C)cc1)C(=O)CN(c1ccc(Cl)c(Cl)c1)S(=O)(=O)c1ccc(C)cc1. The first-order valence-electron chi connectivity index (χ1n) is 13.0. The van der Waals surface area contributed by atoms with Crippen LogP contribution in [0.5, 0.6) is 0 Å². The number of sulfonamides is 1. The number of hydrogen-bond donors (Lipinski definition) is 1. The Morgan fingerprint density at radius 1 is 0.875 bits per heavy atom. The van der Waals surface area contributed by atoms with Crippen molar-refractivity contribution < 1.29 is 18.0 Å². The van der Waals surface area contributed by atoms with Crippen molar-refractivity contribution in [1.29, 1.82) is 0 Å². The topological polar surface area (TPSA) is 86.8 Å². The van der Waals surface area contributed by atoms with Gasteiger partial charge in [-0.15, -0.1) is 0 Å². The Morgan fingerprint density at radius 2 is 1.45 bits per heavy atom. The highest BCUT2D eigenvalue weighted by atomic mass is 35.5. The van der Waals surface area contributed by atoms with Crippen molar-refractivity contribution in [2.45, 2.75) is 64.6 Å². The Hall–Kier alpha value is -3.07. The van der Waals surface area contributed by atoms with Gasteiger partial charge in [0.25, 0.3) is 10.0 Å². The lowest BCUT2D eigenvalue weighted by Crippen LogP contribution is -2.52. The molecule has 0 saturated carbocycles. The second-order valence-electron chi connectivity index (χ2n) is 9.92. The van der Waals surface area contributed by atoms with Crippen molar-refractivity contribution in [3.05, 3.63) is 93.5 Å². The Morgan fingerprint density at radius 3 is 2.00 bits per heavy atom. The Labute approximate surface area is 247 Å². The number of benzene rings is 3. The predicted octanol–water partition coefficient (Wildman–Crippen LogP) is 6.14. The predicted molar refractivity (Wildman–Crippen MR) is 161 cm³/mol. The average molecular weight is 605 g/mol. The van der Waals surface area contributed by atoms with Gasteiger partial charge in [0.2, 0.25) is 11.8 Å². The lowest BCUT2D eigenvalue weighted by atomic mass is 10.1. The van der Waals surface area contributed by atoms with Crippen molar-refractivity contribution in [3.63, 3.8) is 0 Å². The van der Waals surface area contributed by atoms with Gasteiger partial charge in [0, 0.05) is 12.6 Å². The zero-order valence-corrected chi connectivity index (χ0v) is 25.6. The fourth-order valence-corrected chi connectivity index (χ4v) is 5.64. The molecule has 0 aromatic heterocycles. The molecular formula is C30H35Cl2N3O4S. The number of hydrogen-bond acceptors (Lipinski definition) is 4. The van der Waals surface area contributed by atoms with Crippen molar-refractivity contribution >= 4 is 50.7 Å². The molecule has 1 N–H and O–H groups in total. The van der Waals surface area contributed by atoms with E-state index in [9.17, 15) is 18.0 Å². The number of amides is 2. The molecule has 0 aliphatic heterocycles. The molecule has 0 fully saturated rings. The summed E-state index contributed by atoms with van der Waals surface area (Å²) < 4.78 is 28.8. The van der Waals surface area contributed by atoms with Crippen LogP contribution in [0.15, 0.2) is 71.6 Å². The third-order valence-corrected chi connectivity index (χ3v) is 9.25. The van der Waals surface area contributed by atoms with E-state index in [1.54, 1.807) is 19.1 Å². The van der Waals surface area contributed by atoms with Gasteiger partial charge in [-0.25, -0.2) is 8.42 Å². The van der Waals surface area contributed by atoms with E-state index in [1.165, 1.54) is 35.2 Å². The summed E-state index contributed by atoms with van der Waals surface area (Å²) >= 11 is 12.3. The van der Waals surface area contributed by atoms with Crippen LogP contribution >= 0.6 is 23.2 Å². The second-order valence-corrected chi connectivity index (χ2v) is 12.6. The summed E-state index contributed by atoms with van der Waals surface area (Å²) in [5.74, 6) is -0.869. The van der Waals surface area contributed by atoms with Crippen LogP contribution in [0.3, 0.4) is 0 Å². The third-order valence-electron chi connectivity index (χ3n) is 6.72. The van der Waals surface area contributed by atoms with Gasteiger partial charge in [0.15, 0.2) is 0 Å². The Kier molecular flexibility index (Phi) is 10.6. The summed E-state index contributed by atoms with van der Waals surface area (Å²) in [4.78, 5) is 28.5. The molecule has 3 rings (SSSR count). The summed E-state index contributed by atoms with van der Waals surface area (Å²) in [5, 5.41) is 3.32. The summed E-state index contributed by atoms with van der Waals surface area (Å²) in [6, 6.07) is 17.4. The number of nitrogens with zero attached hydrogens (tertiary/aromatic N) is 2. The molecule has 2 atom stereocenters. The molecule has 0 aliphatic carbocycles. The molecule has 3 aromatic rings. The van der Waals surface area contributed by atoms with Crippen molar-refractivity contribution in [2.75, 3.05) is 10.8 Å². The molecule has 2 amide bonds. The number of carbonyl (C=O) groups excluding carboxylic acids is 2. The number of aryl methyl sites for hydroxylation is 2. The van der Waals surface area contributed by atoms with Crippen LogP contribution in [0.25, 0.3) is 0 Å². The number of halogens is 2. The quantitative estimate of drug-likeness (QED) is 0.285. The Bertz CT molecular complexity index is 1440. The molecule has 10 heteroatoms. The van der Waals surface area contributed by atoms with E-state index in [0.29, 0.717) is 0 Å². The van der Waals surface area contributed by atoms with Gasteiger partial charge in [-0.3, -0.25) is 13.9 Å². The van der Waals surface area contributed by atoms with Crippen LogP contribution in [0.1, 0.15) is 43.9 Å². The first-order valence-corrected chi connectivity index (χ1v) is 15.2. The van der Waals surface area contributed by atoms with Gasteiger partial charge in [0.05, 0.1) is 20.6 Å². The lowest BCUT2D eigenvalue weighted by molar-refractivity contribution is -0.139. The molecule has 0 unspecified atom stereocenters. The van der Waals surface area contributed by atoms with Crippen LogP contribution in [0.2, 0.25) is 10.0 Å². The van der Waals surface area contributed by atoms with Gasteiger partial charge in [-0.05, 0) is 70.0 Å². The maximum atomic E-state index is 14.0. The highest BCUT2D eigenvalue weighted by molar-refractivity contribution is 7.92. The van der Waals surface area contributed by atoms with Crippen molar-refractivity contribution in [1.82, 2.24) is 10.2 Å². The lowest BCUT2D eigenvalue weighted by Gasteiger charge is -2.32. The zero-order valence-electron chi connectivity index (χ0n) is 23.3. The van der Waals surface area contributed by atoms with Gasteiger partial charge >= 0.3 is 0 Å². The number of nitrogens with one attached hydrogen (secondary N) is 1. The molecular weight excluding hydrogens is 569 g/mol. The van der Waals surface area contributed by atoms with Gasteiger partial charge in [-0.1, -0.05) is 77.7 Å². The number of carbonyl (C=O) groups is 2. The minimum absolute atomic E-state index is 0.0182. The van der Waals surface area contributed by atoms with Crippen LogP contribution < -0.4 is 9.62 Å². The zero-order chi connectivity index (χ0) is 29.6. The van der Waals surface area contributed by atoms with E-state index in [0.717, 1.165) is 27.4 Å². The standard InChI is InChI=1S/C30H35Cl2N3O4S/c1-6-22(4)33-30(37)23(5)34(18-24-11-7-20(2)8-12-24)29(36)19-35(25-13-16-27(31)28(32)17-25)40(38,39)26-14-9-21(3)10-15-26/h7-17,22-23H,6,18-19H2,1-5H3,(H,33,37)/t22-,23+/m0/s1. The third kappa shape index (κ3) is 7.77. The summed E-state index contributed by atoms with van der Waals surface area (Å²) in [7, 11) is -4.19. The molecule has 0 heterocycles. The molecule has 0 spiro atoms. The van der Waals surface area contributed by atoms with Gasteiger partial charge in [-0.2, -0.15) is 0 Å². The molecule has 3 aromatic carbocycles. The first-order chi connectivity index (χ1) is 18.8. The van der Waals surface area contributed by atoms with E-state index in [1.807, 2.05) is 52.0 Å². The maximum Gasteiger partial charge on any atom is 0.264 e. The van der Waals surface area contributed by atoms with Crippen molar-refractivity contribution in [3.8, 4) is 0 Å². The molecule has 40 heavy (non-hydrogen) atoms. The largest absolute Gasteiger partial charge is 0.352 e. The minimum atomic E-state index is -4.19. The monoisotopic (exact) mass is 603 g/mol. The van der Waals surface area contributed by atoms with E-state index in [-0.39, 0.29) is 39.1 Å². The van der Waals surface area contributed by atoms with E-state index >= 15 is 0 Å². The first kappa shape index (κ1) is 31.5. The normalized spacial score (nSPS) is 12.9. The highest BCUT2D eigenvalue weighted by Gasteiger charge is 2.33. The number of rotatable bonds is 11. The Balaban J connectivity index is 2.04. The molecule has 0 saturated heterocycles. The highest BCUT2D eigenvalue weighted by Crippen LogP contribution is 2.31. The maximum absolute atomic E-state index is 14.0. The van der Waals surface area contributed by atoms with Gasteiger partial charge in [0.1, 0.15) is 12.6 Å². The average Bonchev–Trinajstić information content (AvgIpc) is 2.92. The van der Waals surface area contributed by atoms with Crippen LogP contribution in [-0.2, 0) is 26.2 Å². The minimum Gasteiger partial charge on any atom is -0.352 e. The van der Waals surface area contributed by atoms with E-state index < -0.39 is 28.5 Å². The molecule has 0 bridgehead atoms. The van der Waals surface area contributed by atoms with Crippen molar-refractivity contribution in [2.24, 2.45) is 0 Å². The molecule has 7 nitrogen and oxygen atoms in total. The molecule has 0 aliphatic rings. The van der Waals surface area contributed by atoms with E-state index in [2.05, 4.69) is 5.32 Å². The van der Waals surface area contributed by atoms with Crippen LogP contribution in [-0.4, -0.2) is 43.8 Å². The van der Waals surface area contributed by atoms with Crippen LogP contribution in [0.4, 0.5) is 5.69 Å². The van der Waals surface area contributed by atoms with Gasteiger partial charge < -0.3 is 10.2 Å². The summed E-state index contributed by atoms with van der Waals surface area (Å²) in [6.07, 6.45) is 0.726. The van der Waals surface area contributed by atoms with E-state index in [4.69, 9.17) is 23.2 Å².